The highest BCUT2D eigenvalue weighted by atomic mass is 16.5. The van der Waals surface area contributed by atoms with Gasteiger partial charge < -0.3 is 19.9 Å². The molecule has 0 radical (unpaired) electrons. The van der Waals surface area contributed by atoms with Crippen molar-refractivity contribution in [3.05, 3.63) is 42.0 Å². The van der Waals surface area contributed by atoms with Crippen LogP contribution in [0.25, 0.3) is 0 Å². The molecule has 1 heterocycles. The van der Waals surface area contributed by atoms with Gasteiger partial charge >= 0.3 is 0 Å². The number of rotatable bonds is 5. The first-order valence-electron chi connectivity index (χ1n) is 6.01. The SMILES string of the molecule is COc1cc(C(N)c2cncnc2)cc(OC)c1OC. The van der Waals surface area contributed by atoms with Gasteiger partial charge in [0.15, 0.2) is 11.5 Å². The quantitative estimate of drug-likeness (QED) is 0.891. The summed E-state index contributed by atoms with van der Waals surface area (Å²) in [6, 6.07) is 3.27. The van der Waals surface area contributed by atoms with Crippen LogP contribution in [-0.2, 0) is 0 Å². The fourth-order valence-electron chi connectivity index (χ4n) is 1.94. The zero-order chi connectivity index (χ0) is 14.5. The van der Waals surface area contributed by atoms with E-state index in [1.807, 2.05) is 12.1 Å². The van der Waals surface area contributed by atoms with Gasteiger partial charge in [-0.2, -0.15) is 0 Å². The predicted octanol–water partition coefficient (Wildman–Crippen LogP) is 1.55. The highest BCUT2D eigenvalue weighted by Gasteiger charge is 2.17. The zero-order valence-corrected chi connectivity index (χ0v) is 11.7. The average Bonchev–Trinajstić information content (AvgIpc) is 2.53. The summed E-state index contributed by atoms with van der Waals surface area (Å²) >= 11 is 0. The van der Waals surface area contributed by atoms with Gasteiger partial charge in [-0.1, -0.05) is 0 Å². The average molecular weight is 275 g/mol. The molecule has 2 rings (SSSR count). The third kappa shape index (κ3) is 2.65. The number of hydrogen-bond acceptors (Lipinski definition) is 6. The molecular weight excluding hydrogens is 258 g/mol. The Morgan fingerprint density at radius 1 is 0.900 bits per heavy atom. The van der Waals surface area contributed by atoms with Crippen molar-refractivity contribution in [3.63, 3.8) is 0 Å². The van der Waals surface area contributed by atoms with Crippen molar-refractivity contribution in [3.8, 4) is 17.2 Å². The van der Waals surface area contributed by atoms with Gasteiger partial charge in [0.1, 0.15) is 6.33 Å². The monoisotopic (exact) mass is 275 g/mol. The van der Waals surface area contributed by atoms with E-state index >= 15 is 0 Å². The summed E-state index contributed by atoms with van der Waals surface area (Å²) in [4.78, 5) is 7.94. The number of aromatic nitrogens is 2. The van der Waals surface area contributed by atoms with Gasteiger partial charge in [0.25, 0.3) is 0 Å². The molecule has 0 aliphatic rings. The van der Waals surface area contributed by atoms with Crippen molar-refractivity contribution in [1.82, 2.24) is 9.97 Å². The minimum Gasteiger partial charge on any atom is -0.493 e. The molecule has 0 saturated heterocycles. The molecule has 2 N–H and O–H groups in total. The number of hydrogen-bond donors (Lipinski definition) is 1. The summed E-state index contributed by atoms with van der Waals surface area (Å²) in [5.74, 6) is 1.67. The lowest BCUT2D eigenvalue weighted by atomic mass is 10.0. The molecule has 0 aliphatic carbocycles. The third-order valence-electron chi connectivity index (χ3n) is 2.99. The van der Waals surface area contributed by atoms with Crippen LogP contribution >= 0.6 is 0 Å². The van der Waals surface area contributed by atoms with Crippen LogP contribution in [0.5, 0.6) is 17.2 Å². The highest BCUT2D eigenvalue weighted by molar-refractivity contribution is 5.55. The Balaban J connectivity index is 2.47. The Bertz CT molecular complexity index is 550. The van der Waals surface area contributed by atoms with Crippen LogP contribution in [0.15, 0.2) is 30.9 Å². The van der Waals surface area contributed by atoms with Crippen LogP contribution in [0.4, 0.5) is 0 Å². The number of benzene rings is 1. The summed E-state index contributed by atoms with van der Waals surface area (Å²) in [7, 11) is 4.70. The largest absolute Gasteiger partial charge is 0.493 e. The molecule has 1 aromatic carbocycles. The van der Waals surface area contributed by atoms with Crippen LogP contribution in [0.2, 0.25) is 0 Å². The van der Waals surface area contributed by atoms with Crippen LogP contribution in [0.1, 0.15) is 17.2 Å². The fourth-order valence-corrected chi connectivity index (χ4v) is 1.94. The molecule has 0 amide bonds. The minimum absolute atomic E-state index is 0.370. The van der Waals surface area contributed by atoms with Gasteiger partial charge in [-0.25, -0.2) is 9.97 Å². The van der Waals surface area contributed by atoms with Crippen LogP contribution in [0, 0.1) is 0 Å². The Kier molecular flexibility index (Phi) is 4.37. The number of nitrogens with two attached hydrogens (primary N) is 1. The van der Waals surface area contributed by atoms with E-state index < -0.39 is 0 Å². The fraction of sp³-hybridized carbons (Fsp3) is 0.286. The predicted molar refractivity (Wildman–Crippen MR) is 74.2 cm³/mol. The van der Waals surface area contributed by atoms with E-state index in [4.69, 9.17) is 19.9 Å². The first-order chi connectivity index (χ1) is 9.71. The molecule has 0 spiro atoms. The first kappa shape index (κ1) is 14.1. The van der Waals surface area contributed by atoms with Gasteiger partial charge in [0.2, 0.25) is 5.75 Å². The molecular formula is C14H17N3O3. The Hall–Kier alpha value is -2.34. The zero-order valence-electron chi connectivity index (χ0n) is 11.7. The molecule has 2 aromatic rings. The molecule has 6 heteroatoms. The van der Waals surface area contributed by atoms with E-state index in [1.165, 1.54) is 6.33 Å². The summed E-state index contributed by atoms with van der Waals surface area (Å²) in [5.41, 5.74) is 7.86. The van der Waals surface area contributed by atoms with Crippen molar-refractivity contribution in [1.29, 1.82) is 0 Å². The van der Waals surface area contributed by atoms with E-state index in [0.29, 0.717) is 17.2 Å². The second-order valence-corrected chi connectivity index (χ2v) is 4.11. The third-order valence-corrected chi connectivity index (χ3v) is 2.99. The Morgan fingerprint density at radius 2 is 1.45 bits per heavy atom. The molecule has 0 fully saturated rings. The molecule has 1 atom stereocenters. The lowest BCUT2D eigenvalue weighted by molar-refractivity contribution is 0.323. The smallest absolute Gasteiger partial charge is 0.203 e. The summed E-state index contributed by atoms with van der Waals surface area (Å²) in [6.07, 6.45) is 4.83. The number of nitrogens with zero attached hydrogens (tertiary/aromatic N) is 2. The highest BCUT2D eigenvalue weighted by Crippen LogP contribution is 2.40. The van der Waals surface area contributed by atoms with Gasteiger partial charge in [0, 0.05) is 18.0 Å². The van der Waals surface area contributed by atoms with Crippen LogP contribution < -0.4 is 19.9 Å². The van der Waals surface area contributed by atoms with Crippen molar-refractivity contribution < 1.29 is 14.2 Å². The van der Waals surface area contributed by atoms with E-state index in [1.54, 1.807) is 33.7 Å². The minimum atomic E-state index is -0.370. The van der Waals surface area contributed by atoms with Crippen LogP contribution in [-0.4, -0.2) is 31.3 Å². The molecule has 20 heavy (non-hydrogen) atoms. The van der Waals surface area contributed by atoms with Crippen LogP contribution in [0.3, 0.4) is 0 Å². The van der Waals surface area contributed by atoms with Gasteiger partial charge in [-0.15, -0.1) is 0 Å². The maximum atomic E-state index is 6.22. The van der Waals surface area contributed by atoms with Crippen molar-refractivity contribution in [2.45, 2.75) is 6.04 Å². The standard InChI is InChI=1S/C14H17N3O3/c1-18-11-4-9(5-12(19-2)14(11)20-3)13(15)10-6-16-8-17-7-10/h4-8,13H,15H2,1-3H3. The summed E-state index contributed by atoms with van der Waals surface area (Å²) in [6.45, 7) is 0. The lowest BCUT2D eigenvalue weighted by Crippen LogP contribution is -2.13. The van der Waals surface area contributed by atoms with Gasteiger partial charge in [0.05, 0.1) is 27.4 Å². The van der Waals surface area contributed by atoms with Crippen molar-refractivity contribution >= 4 is 0 Å². The Morgan fingerprint density at radius 3 is 1.90 bits per heavy atom. The van der Waals surface area contributed by atoms with Crippen molar-refractivity contribution in [2.75, 3.05) is 21.3 Å². The van der Waals surface area contributed by atoms with Crippen molar-refractivity contribution in [2.24, 2.45) is 5.73 Å². The summed E-state index contributed by atoms with van der Waals surface area (Å²) < 4.78 is 15.9. The maximum absolute atomic E-state index is 6.22. The molecule has 106 valence electrons. The van der Waals surface area contributed by atoms with E-state index in [-0.39, 0.29) is 6.04 Å². The van der Waals surface area contributed by atoms with Gasteiger partial charge in [-0.3, -0.25) is 0 Å². The first-order valence-corrected chi connectivity index (χ1v) is 6.01. The van der Waals surface area contributed by atoms with E-state index in [0.717, 1.165) is 11.1 Å². The topological polar surface area (TPSA) is 79.5 Å². The van der Waals surface area contributed by atoms with Gasteiger partial charge in [-0.05, 0) is 17.7 Å². The number of methoxy groups -OCH3 is 3. The molecule has 0 bridgehead atoms. The van der Waals surface area contributed by atoms with E-state index in [9.17, 15) is 0 Å². The van der Waals surface area contributed by atoms with E-state index in [2.05, 4.69) is 9.97 Å². The summed E-state index contributed by atoms with van der Waals surface area (Å²) in [5, 5.41) is 0. The second-order valence-electron chi connectivity index (χ2n) is 4.11. The Labute approximate surface area is 117 Å². The molecule has 0 aliphatic heterocycles. The molecule has 1 unspecified atom stereocenters. The second kappa shape index (κ2) is 6.21. The number of ether oxygens (including phenoxy) is 3. The molecule has 0 saturated carbocycles. The normalized spacial score (nSPS) is 11.8. The molecule has 1 aromatic heterocycles. The maximum Gasteiger partial charge on any atom is 0.203 e. The lowest BCUT2D eigenvalue weighted by Gasteiger charge is -2.17. The molecule has 6 nitrogen and oxygen atoms in total.